The van der Waals surface area contributed by atoms with Crippen molar-refractivity contribution in [1.82, 2.24) is 14.8 Å². The van der Waals surface area contributed by atoms with E-state index in [1.807, 2.05) is 0 Å². The molecule has 0 amide bonds. The lowest BCUT2D eigenvalue weighted by Gasteiger charge is -1.98. The van der Waals surface area contributed by atoms with Gasteiger partial charge in [0.05, 0.1) is 16.3 Å². The first-order valence-electron chi connectivity index (χ1n) is 4.19. The van der Waals surface area contributed by atoms with Crippen molar-refractivity contribution in [1.29, 1.82) is 0 Å². The molecule has 0 radical (unpaired) electrons. The summed E-state index contributed by atoms with van der Waals surface area (Å²) < 4.78 is 14.8. The third kappa shape index (κ3) is 1.78. The van der Waals surface area contributed by atoms with Crippen LogP contribution in [0, 0.1) is 5.95 Å². The van der Waals surface area contributed by atoms with Crippen molar-refractivity contribution in [2.75, 3.05) is 5.73 Å². The van der Waals surface area contributed by atoms with Crippen LogP contribution in [-0.4, -0.2) is 14.8 Å². The van der Waals surface area contributed by atoms with Crippen LogP contribution in [0.15, 0.2) is 18.3 Å². The van der Waals surface area contributed by atoms with Gasteiger partial charge in [0.2, 0.25) is 5.95 Å². The van der Waals surface area contributed by atoms with Crippen LogP contribution < -0.4 is 5.73 Å². The number of halogens is 2. The summed E-state index contributed by atoms with van der Waals surface area (Å²) >= 11 is 5.72. The molecule has 0 aliphatic rings. The van der Waals surface area contributed by atoms with Crippen molar-refractivity contribution < 1.29 is 4.39 Å². The van der Waals surface area contributed by atoms with Gasteiger partial charge < -0.3 is 5.73 Å². The third-order valence-corrected chi connectivity index (χ3v) is 2.20. The van der Waals surface area contributed by atoms with Crippen molar-refractivity contribution in [3.63, 3.8) is 0 Å². The Morgan fingerprint density at radius 2 is 2.20 bits per heavy atom. The number of aromatic nitrogens is 3. The summed E-state index contributed by atoms with van der Waals surface area (Å²) in [5, 5.41) is 4.39. The van der Waals surface area contributed by atoms with E-state index in [1.165, 1.54) is 16.9 Å². The number of pyridine rings is 1. The van der Waals surface area contributed by atoms with E-state index >= 15 is 0 Å². The number of nitrogens with zero attached hydrogens (tertiary/aromatic N) is 3. The first kappa shape index (κ1) is 9.92. The predicted molar refractivity (Wildman–Crippen MR) is 55.8 cm³/mol. The summed E-state index contributed by atoms with van der Waals surface area (Å²) in [7, 11) is 1.68. The van der Waals surface area contributed by atoms with Gasteiger partial charge in [-0.3, -0.25) is 4.68 Å². The highest BCUT2D eigenvalue weighted by atomic mass is 35.5. The predicted octanol–water partition coefficient (Wildman–Crippen LogP) is 1.86. The zero-order valence-electron chi connectivity index (χ0n) is 7.91. The van der Waals surface area contributed by atoms with E-state index in [-0.39, 0.29) is 5.56 Å². The molecule has 2 aromatic rings. The van der Waals surface area contributed by atoms with E-state index in [4.69, 9.17) is 17.3 Å². The van der Waals surface area contributed by atoms with Crippen LogP contribution in [-0.2, 0) is 7.05 Å². The number of nitrogen functional groups attached to an aromatic ring is 1. The number of anilines is 1. The van der Waals surface area contributed by atoms with Crippen LogP contribution in [0.3, 0.4) is 0 Å². The summed E-state index contributed by atoms with van der Waals surface area (Å²) in [4.78, 5) is 3.51. The first-order chi connectivity index (χ1) is 7.08. The molecule has 0 saturated carbocycles. The van der Waals surface area contributed by atoms with Crippen LogP contribution >= 0.6 is 11.6 Å². The fraction of sp³-hybridized carbons (Fsp3) is 0.111. The smallest absolute Gasteiger partial charge is 0.222 e. The largest absolute Gasteiger partial charge is 0.384 e. The SMILES string of the molecule is Cn1nc(-c2cc(Cl)cnc2F)cc1N. The lowest BCUT2D eigenvalue weighted by molar-refractivity contribution is 0.586. The van der Waals surface area contributed by atoms with Gasteiger partial charge in [-0.15, -0.1) is 0 Å². The zero-order chi connectivity index (χ0) is 11.0. The standard InChI is InChI=1S/C9H8ClFN4/c1-15-8(12)3-7(14-15)6-2-5(10)4-13-9(6)11/h2-4H,12H2,1H3. The van der Waals surface area contributed by atoms with E-state index in [1.54, 1.807) is 13.1 Å². The van der Waals surface area contributed by atoms with Crippen molar-refractivity contribution in [2.24, 2.45) is 7.05 Å². The molecule has 0 atom stereocenters. The van der Waals surface area contributed by atoms with E-state index in [0.29, 0.717) is 16.5 Å². The zero-order valence-corrected chi connectivity index (χ0v) is 8.66. The molecular formula is C9H8ClFN4. The maximum absolute atomic E-state index is 13.3. The monoisotopic (exact) mass is 226 g/mol. The molecule has 0 bridgehead atoms. The third-order valence-electron chi connectivity index (χ3n) is 2.00. The van der Waals surface area contributed by atoms with Gasteiger partial charge in [0, 0.05) is 19.3 Å². The van der Waals surface area contributed by atoms with E-state index < -0.39 is 5.95 Å². The van der Waals surface area contributed by atoms with Crippen molar-refractivity contribution in [3.8, 4) is 11.3 Å². The van der Waals surface area contributed by atoms with Gasteiger partial charge >= 0.3 is 0 Å². The van der Waals surface area contributed by atoms with E-state index in [0.717, 1.165) is 0 Å². The molecule has 0 fully saturated rings. The minimum absolute atomic E-state index is 0.245. The summed E-state index contributed by atoms with van der Waals surface area (Å²) in [5.41, 5.74) is 6.25. The second-order valence-electron chi connectivity index (χ2n) is 3.07. The Balaban J connectivity index is 2.58. The van der Waals surface area contributed by atoms with Gasteiger partial charge in [0.25, 0.3) is 0 Å². The lowest BCUT2D eigenvalue weighted by atomic mass is 10.2. The molecule has 0 spiro atoms. The van der Waals surface area contributed by atoms with Gasteiger partial charge in [0.15, 0.2) is 0 Å². The summed E-state index contributed by atoms with van der Waals surface area (Å²) in [5.74, 6) is -0.165. The Hall–Kier alpha value is -1.62. The molecule has 0 saturated heterocycles. The van der Waals surface area contributed by atoms with Crippen LogP contribution in [0.5, 0.6) is 0 Å². The highest BCUT2D eigenvalue weighted by Crippen LogP contribution is 2.24. The quantitative estimate of drug-likeness (QED) is 0.755. The normalized spacial score (nSPS) is 10.6. The number of hydrogen-bond acceptors (Lipinski definition) is 3. The first-order valence-corrected chi connectivity index (χ1v) is 4.56. The molecule has 6 heteroatoms. The molecular weight excluding hydrogens is 219 g/mol. The highest BCUT2D eigenvalue weighted by Gasteiger charge is 2.11. The van der Waals surface area contributed by atoms with Gasteiger partial charge in [-0.1, -0.05) is 11.6 Å². The Kier molecular flexibility index (Phi) is 2.32. The Labute approximate surface area is 90.5 Å². The van der Waals surface area contributed by atoms with Gasteiger partial charge in [-0.05, 0) is 6.07 Å². The molecule has 78 valence electrons. The second-order valence-corrected chi connectivity index (χ2v) is 3.51. The van der Waals surface area contributed by atoms with E-state index in [2.05, 4.69) is 10.1 Å². The summed E-state index contributed by atoms with van der Waals surface area (Å²) in [6.07, 6.45) is 1.24. The Bertz CT molecular complexity index is 489. The maximum atomic E-state index is 13.3. The molecule has 15 heavy (non-hydrogen) atoms. The van der Waals surface area contributed by atoms with E-state index in [9.17, 15) is 4.39 Å². The summed E-state index contributed by atoms with van der Waals surface area (Å²) in [6, 6.07) is 3.03. The number of hydrogen-bond donors (Lipinski definition) is 1. The Morgan fingerprint density at radius 1 is 1.47 bits per heavy atom. The fourth-order valence-corrected chi connectivity index (χ4v) is 1.37. The average Bonchev–Trinajstić information content (AvgIpc) is 2.51. The molecule has 0 unspecified atom stereocenters. The maximum Gasteiger partial charge on any atom is 0.222 e. The van der Waals surface area contributed by atoms with Gasteiger partial charge in [-0.2, -0.15) is 9.49 Å². The van der Waals surface area contributed by atoms with Crippen LogP contribution in [0.25, 0.3) is 11.3 Å². The molecule has 0 aromatic carbocycles. The average molecular weight is 227 g/mol. The topological polar surface area (TPSA) is 56.7 Å². The van der Waals surface area contributed by atoms with Crippen molar-refractivity contribution in [3.05, 3.63) is 29.3 Å². The van der Waals surface area contributed by atoms with Gasteiger partial charge in [0.1, 0.15) is 5.82 Å². The Morgan fingerprint density at radius 3 is 2.80 bits per heavy atom. The van der Waals surface area contributed by atoms with Crippen LogP contribution in [0.4, 0.5) is 10.2 Å². The minimum atomic E-state index is -0.613. The molecule has 2 aromatic heterocycles. The molecule has 4 nitrogen and oxygen atoms in total. The van der Waals surface area contributed by atoms with Crippen LogP contribution in [0.1, 0.15) is 0 Å². The molecule has 2 rings (SSSR count). The highest BCUT2D eigenvalue weighted by molar-refractivity contribution is 6.30. The molecule has 2 heterocycles. The van der Waals surface area contributed by atoms with Crippen molar-refractivity contribution >= 4 is 17.4 Å². The lowest BCUT2D eigenvalue weighted by Crippen LogP contribution is -1.97. The molecule has 0 aliphatic carbocycles. The fourth-order valence-electron chi connectivity index (χ4n) is 1.22. The minimum Gasteiger partial charge on any atom is -0.384 e. The van der Waals surface area contributed by atoms with Crippen molar-refractivity contribution in [2.45, 2.75) is 0 Å². The number of aryl methyl sites for hydroxylation is 1. The van der Waals surface area contributed by atoms with Crippen LogP contribution in [0.2, 0.25) is 5.02 Å². The number of nitrogens with two attached hydrogens (primary N) is 1. The molecule has 0 aliphatic heterocycles. The summed E-state index contributed by atoms with van der Waals surface area (Å²) in [6.45, 7) is 0. The molecule has 2 N–H and O–H groups in total. The van der Waals surface area contributed by atoms with Gasteiger partial charge in [-0.25, -0.2) is 4.98 Å². The second kappa shape index (κ2) is 3.51. The number of rotatable bonds is 1.